The molecule has 1 aromatic carbocycles. The van der Waals surface area contributed by atoms with Gasteiger partial charge in [0.25, 0.3) is 6.43 Å². The number of alkyl halides is 2. The van der Waals surface area contributed by atoms with Crippen LogP contribution in [0.1, 0.15) is 11.3 Å². The summed E-state index contributed by atoms with van der Waals surface area (Å²) < 4.78 is 29.9. The predicted octanol–water partition coefficient (Wildman–Crippen LogP) is 2.01. The van der Waals surface area contributed by atoms with E-state index in [1.54, 1.807) is 12.1 Å². The maximum Gasteiger partial charge on any atom is 0.319 e. The van der Waals surface area contributed by atoms with Gasteiger partial charge in [-0.2, -0.15) is 0 Å². The zero-order valence-electron chi connectivity index (χ0n) is 16.5. The van der Waals surface area contributed by atoms with Crippen molar-refractivity contribution in [2.45, 2.75) is 19.4 Å². The van der Waals surface area contributed by atoms with E-state index < -0.39 is 19.0 Å². The zero-order chi connectivity index (χ0) is 20.9. The predicted molar refractivity (Wildman–Crippen MR) is 109 cm³/mol. The highest BCUT2D eigenvalue weighted by Gasteiger charge is 2.23. The van der Waals surface area contributed by atoms with E-state index in [-0.39, 0.29) is 0 Å². The number of nitrogens with one attached hydrogen (secondary N) is 3. The van der Waals surface area contributed by atoms with Gasteiger partial charge in [0.05, 0.1) is 25.5 Å². The second-order valence-corrected chi connectivity index (χ2v) is 7.13. The number of benzene rings is 1. The van der Waals surface area contributed by atoms with Gasteiger partial charge in [0.1, 0.15) is 5.82 Å². The standard InChI is InChI=1S/C20H24F2N6O2/c21-17(22)12-24-20(29)25-14-3-1-13(2-4-14)18-26-16-5-6-23-11-15(16)19(27-18)28-7-9-30-10-8-28/h1-4,17,23H,5-12H2,(H2,24,25,29). The molecule has 1 fully saturated rings. The number of hydrogen-bond acceptors (Lipinski definition) is 6. The maximum atomic E-state index is 12.2. The monoisotopic (exact) mass is 418 g/mol. The van der Waals surface area contributed by atoms with E-state index >= 15 is 0 Å². The quantitative estimate of drug-likeness (QED) is 0.688. The smallest absolute Gasteiger partial charge is 0.319 e. The Morgan fingerprint density at radius 2 is 1.97 bits per heavy atom. The van der Waals surface area contributed by atoms with Gasteiger partial charge < -0.3 is 25.6 Å². The van der Waals surface area contributed by atoms with Gasteiger partial charge >= 0.3 is 6.03 Å². The lowest BCUT2D eigenvalue weighted by Gasteiger charge is -2.31. The summed E-state index contributed by atoms with van der Waals surface area (Å²) in [5.41, 5.74) is 3.51. The average Bonchev–Trinajstić information content (AvgIpc) is 2.78. The number of morpholine rings is 1. The summed E-state index contributed by atoms with van der Waals surface area (Å²) in [7, 11) is 0. The van der Waals surface area contributed by atoms with E-state index in [1.165, 1.54) is 0 Å². The van der Waals surface area contributed by atoms with Gasteiger partial charge in [-0.15, -0.1) is 0 Å². The fourth-order valence-corrected chi connectivity index (χ4v) is 3.54. The third kappa shape index (κ3) is 4.82. The third-order valence-corrected chi connectivity index (χ3v) is 5.04. The van der Waals surface area contributed by atoms with Crippen molar-refractivity contribution < 1.29 is 18.3 Å². The molecule has 2 aromatic rings. The fourth-order valence-electron chi connectivity index (χ4n) is 3.54. The van der Waals surface area contributed by atoms with E-state index in [9.17, 15) is 13.6 Å². The van der Waals surface area contributed by atoms with Gasteiger partial charge in [0.2, 0.25) is 0 Å². The molecule has 4 rings (SSSR count). The highest BCUT2D eigenvalue weighted by atomic mass is 19.3. The summed E-state index contributed by atoms with van der Waals surface area (Å²) in [6.07, 6.45) is -1.75. The molecule has 3 N–H and O–H groups in total. The molecule has 10 heteroatoms. The van der Waals surface area contributed by atoms with Crippen LogP contribution in [0.3, 0.4) is 0 Å². The minimum atomic E-state index is -2.59. The third-order valence-electron chi connectivity index (χ3n) is 5.04. The number of nitrogens with zero attached hydrogens (tertiary/aromatic N) is 3. The number of halogens is 2. The molecule has 3 heterocycles. The molecule has 0 saturated carbocycles. The number of anilines is 2. The Morgan fingerprint density at radius 3 is 2.70 bits per heavy atom. The summed E-state index contributed by atoms with van der Waals surface area (Å²) >= 11 is 0. The van der Waals surface area contributed by atoms with Crippen LogP contribution in [-0.2, 0) is 17.7 Å². The van der Waals surface area contributed by atoms with Gasteiger partial charge in [0, 0.05) is 49.4 Å². The molecule has 2 aliphatic heterocycles. The largest absolute Gasteiger partial charge is 0.378 e. The number of urea groups is 1. The molecule has 160 valence electrons. The van der Waals surface area contributed by atoms with Crippen LogP contribution in [0.5, 0.6) is 0 Å². The number of carbonyl (C=O) groups excluding carboxylic acids is 1. The van der Waals surface area contributed by atoms with Crippen LogP contribution >= 0.6 is 0 Å². The molecule has 0 radical (unpaired) electrons. The van der Waals surface area contributed by atoms with Crippen molar-refractivity contribution in [1.82, 2.24) is 20.6 Å². The van der Waals surface area contributed by atoms with Crippen LogP contribution < -0.4 is 20.9 Å². The van der Waals surface area contributed by atoms with Crippen LogP contribution in [-0.4, -0.2) is 61.8 Å². The Bertz CT molecular complexity index is 888. The molecule has 0 atom stereocenters. The van der Waals surface area contributed by atoms with E-state index in [2.05, 4.69) is 20.9 Å². The molecule has 2 amide bonds. The van der Waals surface area contributed by atoms with Crippen LogP contribution in [0.15, 0.2) is 24.3 Å². The second-order valence-electron chi connectivity index (χ2n) is 7.13. The normalized spacial score (nSPS) is 16.3. The van der Waals surface area contributed by atoms with Crippen LogP contribution in [0.4, 0.5) is 25.1 Å². The van der Waals surface area contributed by atoms with E-state index in [1.807, 2.05) is 12.1 Å². The van der Waals surface area contributed by atoms with Crippen molar-refractivity contribution in [3.05, 3.63) is 35.5 Å². The number of aromatic nitrogens is 2. The zero-order valence-corrected chi connectivity index (χ0v) is 16.5. The first-order chi connectivity index (χ1) is 14.6. The summed E-state index contributed by atoms with van der Waals surface area (Å²) in [5, 5.41) is 8.03. The van der Waals surface area contributed by atoms with Gasteiger partial charge in [-0.1, -0.05) is 0 Å². The molecule has 0 bridgehead atoms. The summed E-state index contributed by atoms with van der Waals surface area (Å²) in [4.78, 5) is 23.5. The lowest BCUT2D eigenvalue weighted by atomic mass is 10.1. The number of ether oxygens (including phenoxy) is 1. The van der Waals surface area contributed by atoms with Crippen molar-refractivity contribution in [3.63, 3.8) is 0 Å². The van der Waals surface area contributed by atoms with E-state index in [0.717, 1.165) is 55.2 Å². The van der Waals surface area contributed by atoms with Crippen molar-refractivity contribution in [3.8, 4) is 11.4 Å². The number of fused-ring (bicyclic) bond motifs is 1. The molecular formula is C20H24F2N6O2. The topological polar surface area (TPSA) is 91.4 Å². The van der Waals surface area contributed by atoms with Gasteiger partial charge in [-0.25, -0.2) is 23.5 Å². The molecule has 30 heavy (non-hydrogen) atoms. The highest BCUT2D eigenvalue weighted by molar-refractivity contribution is 5.89. The SMILES string of the molecule is O=C(NCC(F)F)Nc1ccc(-c2nc3c(c(N4CCOCC4)n2)CNCC3)cc1. The molecule has 0 spiro atoms. The van der Waals surface area contributed by atoms with Crippen LogP contribution in [0, 0.1) is 0 Å². The van der Waals surface area contributed by atoms with Gasteiger partial charge in [-0.3, -0.25) is 0 Å². The Hall–Kier alpha value is -2.85. The maximum absolute atomic E-state index is 12.2. The molecule has 0 aliphatic carbocycles. The minimum absolute atomic E-state index is 0.501. The average molecular weight is 418 g/mol. The van der Waals surface area contributed by atoms with E-state index in [0.29, 0.717) is 24.7 Å². The molecule has 2 aliphatic rings. The van der Waals surface area contributed by atoms with Crippen molar-refractivity contribution in [1.29, 1.82) is 0 Å². The highest BCUT2D eigenvalue weighted by Crippen LogP contribution is 2.28. The number of hydrogen-bond donors (Lipinski definition) is 3. The number of rotatable bonds is 5. The Kier molecular flexibility index (Phi) is 6.34. The molecule has 1 aromatic heterocycles. The molecule has 8 nitrogen and oxygen atoms in total. The van der Waals surface area contributed by atoms with Gasteiger partial charge in [-0.05, 0) is 24.3 Å². The Morgan fingerprint density at radius 1 is 1.20 bits per heavy atom. The molecule has 1 saturated heterocycles. The van der Waals surface area contributed by atoms with Crippen molar-refractivity contribution in [2.75, 3.05) is 49.6 Å². The summed E-state index contributed by atoms with van der Waals surface area (Å²) in [6.45, 7) is 3.87. The van der Waals surface area contributed by atoms with E-state index in [4.69, 9.17) is 14.7 Å². The molecular weight excluding hydrogens is 394 g/mol. The number of carbonyl (C=O) groups is 1. The van der Waals surface area contributed by atoms with Gasteiger partial charge in [0.15, 0.2) is 5.82 Å². The van der Waals surface area contributed by atoms with Crippen LogP contribution in [0.25, 0.3) is 11.4 Å². The first-order valence-corrected chi connectivity index (χ1v) is 9.97. The summed E-state index contributed by atoms with van der Waals surface area (Å²) in [5.74, 6) is 1.57. The minimum Gasteiger partial charge on any atom is -0.378 e. The first kappa shape index (κ1) is 20.4. The van der Waals surface area contributed by atoms with Crippen molar-refractivity contribution in [2.24, 2.45) is 0 Å². The second kappa shape index (κ2) is 9.31. The Labute approximate surface area is 173 Å². The van der Waals surface area contributed by atoms with Crippen molar-refractivity contribution >= 4 is 17.5 Å². The Balaban J connectivity index is 1.55. The fraction of sp³-hybridized carbons (Fsp3) is 0.450. The number of amides is 2. The molecule has 0 unspecified atom stereocenters. The lowest BCUT2D eigenvalue weighted by Crippen LogP contribution is -2.39. The van der Waals surface area contributed by atoms with Crippen LogP contribution in [0.2, 0.25) is 0 Å². The lowest BCUT2D eigenvalue weighted by molar-refractivity contribution is 0.122. The first-order valence-electron chi connectivity index (χ1n) is 9.97. The summed E-state index contributed by atoms with van der Waals surface area (Å²) in [6, 6.07) is 6.37.